The smallest absolute Gasteiger partial charge is 0.327 e. The van der Waals surface area contributed by atoms with Gasteiger partial charge in [0, 0.05) is 30.2 Å². The largest absolute Gasteiger partial charge is 0.481 e. The fraction of sp³-hybridized carbons (Fsp3) is 0.470. The maximum Gasteiger partial charge on any atom is 0.327 e. The number of halogens is 7. The van der Waals surface area contributed by atoms with E-state index >= 15 is 0 Å². The molecule has 6 aromatic rings. The van der Waals surface area contributed by atoms with E-state index in [0.29, 0.717) is 62.9 Å². The van der Waals surface area contributed by atoms with E-state index in [0.717, 1.165) is 21.2 Å². The van der Waals surface area contributed by atoms with Crippen molar-refractivity contribution in [2.45, 2.75) is 169 Å². The standard InChI is InChI=1S/C15H17ClO3.C15H17NO2.C15H18O4.C12H11NO4.C9H7NO2.C7H5BrO2.C6H12BrCl.C4H5NO.Cl2OS.ClH/c1-13(2)14(3,4)15(13,12(16)17)9-5-6-10-11(7-9)19-8-18-10;1-13(2)14(3,4)15(13,8-16)10-5-6-11-12(7-10)18-9-17-11;1-13(2)14(3,4)15(13,12(16)17)9-5-6-10-11(7-9)19-8-18-10;1-2-15-12(14)9(6-13)8-3-4-10-11(5-8)17-7-16-10;10-4-3-7-1-2-8-9(5-7)12-6-11-8;8-5-1-2-6-7(3-5)10-4-9-6;1-5(2,7)6(3,4)8;1-4(6)2-3-5;1-4(2)3;/h5-7H,8H2,1-4H3;5-7H,9H2,1-4H3;5-7H,8H2,1-4H3,(H,16,17);3-5,9H,2,7H2,1H3;1-2,5H,3,6H2;1-3H,4H2;1-4H3;2H2,1H3;;1H/i8D2;9D2;8D2;7D2;6D2;4D2;;;;. The number of alkyl halides is 2. The van der Waals surface area contributed by atoms with Crippen LogP contribution in [-0.4, -0.2) is 88.6 Å². The summed E-state index contributed by atoms with van der Waals surface area (Å²) >= 11 is 18.6. The van der Waals surface area contributed by atoms with E-state index in [1.807, 2.05) is 87.4 Å². The van der Waals surface area contributed by atoms with Gasteiger partial charge in [0.1, 0.15) is 27.6 Å². The normalized spacial score (nSPS) is 22.3. The van der Waals surface area contributed by atoms with Crippen molar-refractivity contribution in [1.82, 2.24) is 0 Å². The minimum Gasteiger partial charge on any atom is -0.481 e. The zero-order valence-electron chi connectivity index (χ0n) is 77.3. The van der Waals surface area contributed by atoms with Crippen LogP contribution >= 0.6 is 88.8 Å². The van der Waals surface area contributed by atoms with Crippen LogP contribution in [0, 0.1) is 77.8 Å². The molecule has 9 aliphatic rings. The summed E-state index contributed by atoms with van der Waals surface area (Å²) in [4.78, 5) is 45.5. The maximum atomic E-state index is 12.2. The van der Waals surface area contributed by atoms with Gasteiger partial charge < -0.3 is 66.7 Å². The van der Waals surface area contributed by atoms with Crippen LogP contribution in [0.2, 0.25) is 0 Å². The van der Waals surface area contributed by atoms with Crippen LogP contribution in [0.4, 0.5) is 0 Å². The monoisotopic (exact) mass is 1830 g/mol. The third-order valence-corrected chi connectivity index (χ3v) is 25.2. The van der Waals surface area contributed by atoms with Crippen LogP contribution in [0.5, 0.6) is 69.0 Å². The molecule has 1 N–H and O–H groups in total. The number of aliphatic carboxylic acids is 1. The molecule has 0 aromatic heterocycles. The Balaban J connectivity index is 0.000000226. The van der Waals surface area contributed by atoms with Crippen molar-refractivity contribution in [3.8, 4) is 93.3 Å². The summed E-state index contributed by atoms with van der Waals surface area (Å²) in [5.74, 6) is 1.22. The van der Waals surface area contributed by atoms with Gasteiger partial charge in [-0.15, -0.1) is 24.0 Å². The molecule has 1 atom stereocenters. The molecule has 114 heavy (non-hydrogen) atoms. The lowest BCUT2D eigenvalue weighted by molar-refractivity contribution is -0.143. The molecule has 31 heteroatoms. The van der Waals surface area contributed by atoms with Gasteiger partial charge in [0.2, 0.25) is 54.9 Å². The molecule has 6 heterocycles. The van der Waals surface area contributed by atoms with Crippen molar-refractivity contribution in [1.29, 1.82) is 21.0 Å². The fourth-order valence-electron chi connectivity index (χ4n) is 14.1. The molecule has 23 nitrogen and oxygen atoms in total. The third kappa shape index (κ3) is 18.7. The molecule has 0 spiro atoms. The van der Waals surface area contributed by atoms with Crippen molar-refractivity contribution in [2.75, 3.05) is 47.1 Å². The number of rotatable bonds is 11. The molecule has 3 aliphatic carbocycles. The second-order valence-electron chi connectivity index (χ2n) is 30.3. The fourth-order valence-corrected chi connectivity index (χ4v) is 15.0. The van der Waals surface area contributed by atoms with Crippen LogP contribution < -0.4 is 56.8 Å². The highest BCUT2D eigenvalue weighted by Crippen LogP contribution is 2.80. The zero-order chi connectivity index (χ0) is 95.2. The number of ether oxygens (including phenoxy) is 13. The molecule has 614 valence electrons. The Kier molecular flexibility index (Phi) is 25.2. The van der Waals surface area contributed by atoms with E-state index in [1.165, 1.54) is 25.1 Å². The van der Waals surface area contributed by atoms with Gasteiger partial charge in [-0.1, -0.05) is 145 Å². The highest BCUT2D eigenvalue weighted by molar-refractivity contribution is 9.10. The summed E-state index contributed by atoms with van der Waals surface area (Å²) < 4.78 is 163. The first-order chi connectivity index (χ1) is 56.9. The van der Waals surface area contributed by atoms with Gasteiger partial charge in [0.25, 0.3) is 0 Å². The molecule has 3 fully saturated rings. The van der Waals surface area contributed by atoms with Crippen LogP contribution in [0.1, 0.15) is 181 Å². The van der Waals surface area contributed by atoms with Crippen LogP contribution in [0.3, 0.4) is 0 Å². The van der Waals surface area contributed by atoms with Gasteiger partial charge >= 0.3 is 11.9 Å². The van der Waals surface area contributed by atoms with Gasteiger partial charge in [-0.3, -0.25) is 19.2 Å². The number of hydrogen-bond donors (Lipinski definition) is 1. The van der Waals surface area contributed by atoms with Crippen LogP contribution in [0.25, 0.3) is 0 Å². The Morgan fingerprint density at radius 2 is 0.860 bits per heavy atom. The molecular formula is C83H93Br2Cl5N4O19S. The predicted octanol–water partition coefficient (Wildman–Crippen LogP) is 19.9. The molecule has 0 saturated heterocycles. The number of nitrogens with zero attached hydrogens (tertiary/aromatic N) is 4. The van der Waals surface area contributed by atoms with E-state index in [9.17, 15) is 29.5 Å². The second-order valence-corrected chi connectivity index (χ2v) is 37.0. The summed E-state index contributed by atoms with van der Waals surface area (Å²) in [5, 5.41) is 44.4. The Morgan fingerprint density at radius 3 is 1.17 bits per heavy atom. The Labute approximate surface area is 727 Å². The number of Topliss-reactive ketones (excluding diaryl/α,β-unsaturated/α-hetero) is 1. The number of esters is 1. The number of nitriles is 4. The summed E-state index contributed by atoms with van der Waals surface area (Å²) in [6, 6.07) is 37.6. The Hall–Kier alpha value is -8.28. The summed E-state index contributed by atoms with van der Waals surface area (Å²) in [7, 11) is 7.36. The lowest BCUT2D eigenvalue weighted by atomic mass is 9.86. The molecule has 15 rings (SSSR count). The highest BCUT2D eigenvalue weighted by atomic mass is 79.9. The first-order valence-corrected chi connectivity index (χ1v) is 39.6. The Morgan fingerprint density at radius 1 is 0.535 bits per heavy atom. The van der Waals surface area contributed by atoms with E-state index in [2.05, 4.69) is 101 Å². The maximum absolute atomic E-state index is 12.2. The first kappa shape index (κ1) is 77.0. The summed E-state index contributed by atoms with van der Waals surface area (Å²) in [6.07, 6.45) is 0.319. The SMILES string of the molecule is CC(=O)CC#N.CC(C)(Cl)C(C)(C)Br.Cl.O=S(Cl)Cl.[2H]C1([2H])Oc2ccc(Br)cc2O1.[2H]C1([2H])Oc2ccc(C(C#N)C(=O)OCC)cc2O1.[2H]C1([2H])Oc2ccc(C3(C#N)C(C)(C)C3(C)C)cc2O1.[2H]C1([2H])Oc2ccc(C3(C(=O)Cl)C(C)(C)C3(C)C)cc2O1.[2H]C1([2H])Oc2ccc(C3(C(=O)O)C(C)(C)C3(C)C)cc2O1.[2H]C1([2H])Oc2ccc(CC#N)cc2O1. The number of benzene rings is 6. The third-order valence-electron chi connectivity index (χ3n) is 22.7. The first-order valence-electron chi connectivity index (χ1n) is 40.5. The summed E-state index contributed by atoms with van der Waals surface area (Å²) in [6.45, 7) is 22.6. The average molecular weight is 1830 g/mol. The number of carboxylic acid groups (broad SMARTS) is 1. The van der Waals surface area contributed by atoms with Gasteiger partial charge in [-0.2, -0.15) is 21.0 Å². The molecule has 3 saturated carbocycles. The molecule has 0 amide bonds. The summed E-state index contributed by atoms with van der Waals surface area (Å²) in [5.41, 5.74) is -0.792. The van der Waals surface area contributed by atoms with Gasteiger partial charge in [0.15, 0.2) is 74.9 Å². The van der Waals surface area contributed by atoms with Gasteiger partial charge in [-0.25, -0.2) is 4.21 Å². The number of hydrogen-bond acceptors (Lipinski definition) is 22. The van der Waals surface area contributed by atoms with Crippen molar-refractivity contribution in [3.05, 3.63) is 141 Å². The number of carbonyl (C=O) groups excluding carboxylic acids is 3. The average Bonchev–Trinajstić information content (AvgIpc) is 1.50. The van der Waals surface area contributed by atoms with Crippen LogP contribution in [-0.2, 0) is 55.8 Å². The van der Waals surface area contributed by atoms with E-state index < -0.39 is 99.9 Å². The Bertz CT molecular complexity index is 5190. The lowest BCUT2D eigenvalue weighted by Gasteiger charge is -2.30. The van der Waals surface area contributed by atoms with Crippen molar-refractivity contribution < 1.29 is 107 Å². The highest BCUT2D eigenvalue weighted by Gasteiger charge is 2.83. The molecule has 1 unspecified atom stereocenters. The van der Waals surface area contributed by atoms with Crippen molar-refractivity contribution >= 4 is 121 Å². The minimum absolute atomic E-state index is 0. The van der Waals surface area contributed by atoms with Crippen molar-refractivity contribution in [3.63, 3.8) is 0 Å². The molecule has 0 radical (unpaired) electrons. The molecule has 6 aliphatic heterocycles. The molecule has 0 bridgehead atoms. The van der Waals surface area contributed by atoms with E-state index in [-0.39, 0.29) is 85.7 Å². The second kappa shape index (κ2) is 37.3. The lowest BCUT2D eigenvalue weighted by Crippen LogP contribution is -2.33. The topological polar surface area (TPSA) is 321 Å². The van der Waals surface area contributed by atoms with Crippen LogP contribution in [0.15, 0.2) is 114 Å². The molecule has 6 aromatic carbocycles. The minimum atomic E-state index is -2.23. The number of carboxylic acids is 1. The van der Waals surface area contributed by atoms with E-state index in [1.54, 1.807) is 97.9 Å². The number of carbonyl (C=O) groups is 4. The van der Waals surface area contributed by atoms with Gasteiger partial charge in [-0.05, 0) is 192 Å². The number of ketones is 1. The molecular weight excluding hydrogens is 1730 g/mol. The van der Waals surface area contributed by atoms with E-state index in [4.69, 9.17) is 121 Å². The zero-order valence-corrected chi connectivity index (χ0v) is 73.1. The number of fused-ring (bicyclic) bond motifs is 6. The predicted molar refractivity (Wildman–Crippen MR) is 440 cm³/mol. The van der Waals surface area contributed by atoms with Crippen molar-refractivity contribution in [2.24, 2.45) is 32.5 Å². The quantitative estimate of drug-likeness (QED) is 0.0715. The van der Waals surface area contributed by atoms with Gasteiger partial charge in [0.05, 0.1) is 59.4 Å².